The zero-order valence-electron chi connectivity index (χ0n) is 10.1. The van der Waals surface area contributed by atoms with Crippen LogP contribution in [0.25, 0.3) is 10.8 Å². The summed E-state index contributed by atoms with van der Waals surface area (Å²) in [7, 11) is 0. The summed E-state index contributed by atoms with van der Waals surface area (Å²) in [6.45, 7) is 3.89. The van der Waals surface area contributed by atoms with E-state index in [9.17, 15) is 0 Å². The van der Waals surface area contributed by atoms with Crippen molar-refractivity contribution in [3.05, 3.63) is 36.0 Å². The van der Waals surface area contributed by atoms with Gasteiger partial charge in [0.05, 0.1) is 11.6 Å². The third kappa shape index (κ3) is 1.89. The molecule has 1 fully saturated rings. The maximum absolute atomic E-state index is 9.00. The van der Waals surface area contributed by atoms with Crippen LogP contribution in [0.15, 0.2) is 30.5 Å². The van der Waals surface area contributed by atoms with E-state index in [1.807, 2.05) is 30.5 Å². The molecule has 0 atom stereocenters. The number of rotatable bonds is 1. The van der Waals surface area contributed by atoms with Gasteiger partial charge in [-0.3, -0.25) is 0 Å². The number of nitriles is 1. The molecule has 90 valence electrons. The fourth-order valence-electron chi connectivity index (χ4n) is 2.35. The van der Waals surface area contributed by atoms with Gasteiger partial charge in [0.15, 0.2) is 0 Å². The van der Waals surface area contributed by atoms with Crippen molar-refractivity contribution in [2.75, 3.05) is 31.1 Å². The van der Waals surface area contributed by atoms with Crippen molar-refractivity contribution in [1.29, 1.82) is 5.26 Å². The summed E-state index contributed by atoms with van der Waals surface area (Å²) in [5, 5.41) is 14.5. The summed E-state index contributed by atoms with van der Waals surface area (Å²) in [4.78, 5) is 6.77. The molecule has 4 nitrogen and oxygen atoms in total. The van der Waals surface area contributed by atoms with Crippen LogP contribution in [0.2, 0.25) is 0 Å². The van der Waals surface area contributed by atoms with Crippen molar-refractivity contribution in [2.45, 2.75) is 0 Å². The molecule has 1 N–H and O–H groups in total. The van der Waals surface area contributed by atoms with Crippen LogP contribution < -0.4 is 10.2 Å². The van der Waals surface area contributed by atoms with Crippen LogP contribution in [0.1, 0.15) is 5.56 Å². The molecule has 1 aromatic carbocycles. The van der Waals surface area contributed by atoms with Crippen molar-refractivity contribution in [2.24, 2.45) is 0 Å². The zero-order valence-corrected chi connectivity index (χ0v) is 10.1. The van der Waals surface area contributed by atoms with Crippen molar-refractivity contribution in [3.8, 4) is 6.07 Å². The van der Waals surface area contributed by atoms with Gasteiger partial charge in [-0.1, -0.05) is 6.07 Å². The molecule has 1 aliphatic heterocycles. The lowest BCUT2D eigenvalue weighted by Gasteiger charge is -2.29. The third-order valence-corrected chi connectivity index (χ3v) is 3.29. The minimum absolute atomic E-state index is 0.687. The van der Waals surface area contributed by atoms with E-state index in [4.69, 9.17) is 5.26 Å². The molecule has 0 bridgehead atoms. The molecule has 0 radical (unpaired) electrons. The molecule has 18 heavy (non-hydrogen) atoms. The quantitative estimate of drug-likeness (QED) is 0.818. The van der Waals surface area contributed by atoms with E-state index in [2.05, 4.69) is 21.3 Å². The lowest BCUT2D eigenvalue weighted by Crippen LogP contribution is -2.43. The monoisotopic (exact) mass is 238 g/mol. The summed E-state index contributed by atoms with van der Waals surface area (Å²) >= 11 is 0. The molecular formula is C14H14N4. The van der Waals surface area contributed by atoms with E-state index < -0.39 is 0 Å². The van der Waals surface area contributed by atoms with Crippen LogP contribution in [-0.2, 0) is 0 Å². The smallest absolute Gasteiger partial charge is 0.136 e. The van der Waals surface area contributed by atoms with Crippen LogP contribution >= 0.6 is 0 Å². The van der Waals surface area contributed by atoms with Crippen LogP contribution in [0.5, 0.6) is 0 Å². The number of nitrogens with one attached hydrogen (secondary N) is 1. The highest BCUT2D eigenvalue weighted by atomic mass is 15.2. The standard InChI is InChI=1S/C14H14N4/c15-10-11-1-2-12-3-4-17-14(13(12)9-11)18-7-5-16-6-8-18/h1-4,9,16H,5-8H2. The van der Waals surface area contributed by atoms with E-state index in [1.54, 1.807) is 0 Å². The first-order chi connectivity index (χ1) is 8.88. The Kier molecular flexibility index (Phi) is 2.83. The fourth-order valence-corrected chi connectivity index (χ4v) is 2.35. The number of pyridine rings is 1. The van der Waals surface area contributed by atoms with Crippen LogP contribution in [-0.4, -0.2) is 31.2 Å². The third-order valence-electron chi connectivity index (χ3n) is 3.29. The summed E-state index contributed by atoms with van der Waals surface area (Å²) in [6, 6.07) is 9.95. The van der Waals surface area contributed by atoms with E-state index in [1.165, 1.54) is 0 Å². The Hall–Kier alpha value is -2.12. The molecule has 1 saturated heterocycles. The molecule has 0 unspecified atom stereocenters. The highest BCUT2D eigenvalue weighted by Crippen LogP contribution is 2.25. The van der Waals surface area contributed by atoms with Gasteiger partial charge >= 0.3 is 0 Å². The highest BCUT2D eigenvalue weighted by Gasteiger charge is 2.14. The predicted molar refractivity (Wildman–Crippen MR) is 71.5 cm³/mol. The molecule has 3 rings (SSSR count). The Morgan fingerprint density at radius 1 is 1.22 bits per heavy atom. The Labute approximate surface area is 106 Å². The molecule has 1 aromatic heterocycles. The highest BCUT2D eigenvalue weighted by molar-refractivity contribution is 5.93. The maximum Gasteiger partial charge on any atom is 0.136 e. The molecule has 4 heteroatoms. The predicted octanol–water partition coefficient (Wildman–Crippen LogP) is 1.52. The Bertz CT molecular complexity index is 609. The zero-order chi connectivity index (χ0) is 12.4. The molecule has 0 amide bonds. The van der Waals surface area contributed by atoms with E-state index in [0.717, 1.165) is 42.8 Å². The van der Waals surface area contributed by atoms with E-state index >= 15 is 0 Å². The first kappa shape index (κ1) is 11.0. The van der Waals surface area contributed by atoms with Gasteiger partial charge in [0.1, 0.15) is 5.82 Å². The number of aromatic nitrogens is 1. The number of anilines is 1. The van der Waals surface area contributed by atoms with Gasteiger partial charge in [-0.15, -0.1) is 0 Å². The van der Waals surface area contributed by atoms with Gasteiger partial charge in [-0.2, -0.15) is 5.26 Å². The molecular weight excluding hydrogens is 224 g/mol. The number of hydrogen-bond donors (Lipinski definition) is 1. The maximum atomic E-state index is 9.00. The van der Waals surface area contributed by atoms with E-state index in [0.29, 0.717) is 5.56 Å². The molecule has 0 aliphatic carbocycles. The SMILES string of the molecule is N#Cc1ccc2ccnc(N3CCNCC3)c2c1. The van der Waals surface area contributed by atoms with Crippen LogP contribution in [0.3, 0.4) is 0 Å². The average Bonchev–Trinajstić information content (AvgIpc) is 2.47. The van der Waals surface area contributed by atoms with Crippen molar-refractivity contribution < 1.29 is 0 Å². The largest absolute Gasteiger partial charge is 0.354 e. The molecule has 0 spiro atoms. The van der Waals surface area contributed by atoms with Crippen LogP contribution in [0.4, 0.5) is 5.82 Å². The second-order valence-electron chi connectivity index (χ2n) is 4.42. The summed E-state index contributed by atoms with van der Waals surface area (Å²) < 4.78 is 0. The van der Waals surface area contributed by atoms with Gasteiger partial charge in [-0.05, 0) is 23.6 Å². The summed E-state index contributed by atoms with van der Waals surface area (Å²) in [6.07, 6.45) is 1.84. The molecule has 0 saturated carbocycles. The van der Waals surface area contributed by atoms with Gasteiger partial charge in [0.2, 0.25) is 0 Å². The van der Waals surface area contributed by atoms with Crippen LogP contribution in [0, 0.1) is 11.3 Å². The number of benzene rings is 1. The average molecular weight is 238 g/mol. The van der Waals surface area contributed by atoms with Gasteiger partial charge in [0.25, 0.3) is 0 Å². The number of fused-ring (bicyclic) bond motifs is 1. The minimum atomic E-state index is 0.687. The summed E-state index contributed by atoms with van der Waals surface area (Å²) in [5.74, 6) is 0.992. The van der Waals surface area contributed by atoms with Gasteiger partial charge < -0.3 is 10.2 Å². The topological polar surface area (TPSA) is 52.0 Å². The normalized spacial score (nSPS) is 15.6. The minimum Gasteiger partial charge on any atom is -0.354 e. The second-order valence-corrected chi connectivity index (χ2v) is 4.42. The Morgan fingerprint density at radius 2 is 2.06 bits per heavy atom. The van der Waals surface area contributed by atoms with Gasteiger partial charge in [0, 0.05) is 37.8 Å². The first-order valence-electron chi connectivity index (χ1n) is 6.13. The molecule has 2 heterocycles. The summed E-state index contributed by atoms with van der Waals surface area (Å²) in [5.41, 5.74) is 0.687. The fraction of sp³-hybridized carbons (Fsp3) is 0.286. The molecule has 1 aliphatic rings. The number of nitrogens with zero attached hydrogens (tertiary/aromatic N) is 3. The number of piperazine rings is 1. The van der Waals surface area contributed by atoms with Crippen molar-refractivity contribution >= 4 is 16.6 Å². The second kappa shape index (κ2) is 4.63. The molecule has 2 aromatic rings. The van der Waals surface area contributed by atoms with Crippen molar-refractivity contribution in [1.82, 2.24) is 10.3 Å². The van der Waals surface area contributed by atoms with Crippen molar-refractivity contribution in [3.63, 3.8) is 0 Å². The Morgan fingerprint density at radius 3 is 2.83 bits per heavy atom. The lowest BCUT2D eigenvalue weighted by atomic mass is 10.1. The van der Waals surface area contributed by atoms with Gasteiger partial charge in [-0.25, -0.2) is 4.98 Å². The first-order valence-corrected chi connectivity index (χ1v) is 6.13. The number of hydrogen-bond acceptors (Lipinski definition) is 4. The van der Waals surface area contributed by atoms with E-state index in [-0.39, 0.29) is 0 Å². The Balaban J connectivity index is 2.12. The lowest BCUT2D eigenvalue weighted by molar-refractivity contribution is 0.586.